The largest absolute Gasteiger partial charge is 0.278 e. The Balaban J connectivity index is 2.04. The van der Waals surface area contributed by atoms with Gasteiger partial charge in [-0.05, 0) is 35.7 Å². The van der Waals surface area contributed by atoms with Gasteiger partial charge in [0.2, 0.25) is 6.41 Å². The Labute approximate surface area is 156 Å². The lowest BCUT2D eigenvalue weighted by molar-refractivity contribution is 0.512. The van der Waals surface area contributed by atoms with E-state index in [1.807, 2.05) is 36.5 Å². The monoisotopic (exact) mass is 371 g/mol. The first kappa shape index (κ1) is 17.7. The Morgan fingerprint density at radius 3 is 2.80 bits per heavy atom. The van der Waals surface area contributed by atoms with E-state index in [1.165, 1.54) is 4.57 Å². The molecule has 3 aromatic rings. The summed E-state index contributed by atoms with van der Waals surface area (Å²) in [6.45, 7) is 4.24. The van der Waals surface area contributed by atoms with Gasteiger partial charge in [0.15, 0.2) is 0 Å². The zero-order chi connectivity index (χ0) is 17.8. The number of pyridine rings is 1. The van der Waals surface area contributed by atoms with Crippen LogP contribution in [0.3, 0.4) is 0 Å². The lowest BCUT2D eigenvalue weighted by atomic mass is 9.88. The number of carbonyl (C=O) groups is 1. The van der Waals surface area contributed by atoms with Crippen molar-refractivity contribution >= 4 is 29.8 Å². The molecule has 1 unspecified atom stereocenters. The fourth-order valence-corrected chi connectivity index (χ4v) is 4.10. The highest BCUT2D eigenvalue weighted by molar-refractivity contribution is 7.99. The maximum absolute atomic E-state index is 11.3. The van der Waals surface area contributed by atoms with Crippen LogP contribution < -0.4 is 0 Å². The molecule has 0 fully saturated rings. The molecule has 4 nitrogen and oxygen atoms in total. The third kappa shape index (κ3) is 3.94. The number of halogens is 1. The average molecular weight is 372 g/mol. The summed E-state index contributed by atoms with van der Waals surface area (Å²) in [5, 5.41) is 0.706. The van der Waals surface area contributed by atoms with Crippen molar-refractivity contribution in [1.82, 2.24) is 14.5 Å². The van der Waals surface area contributed by atoms with Gasteiger partial charge in [-0.1, -0.05) is 43.3 Å². The summed E-state index contributed by atoms with van der Waals surface area (Å²) >= 11 is 7.74. The van der Waals surface area contributed by atoms with E-state index in [2.05, 4.69) is 23.8 Å². The maximum atomic E-state index is 11.3. The summed E-state index contributed by atoms with van der Waals surface area (Å²) < 4.78 is 1.53. The van der Waals surface area contributed by atoms with Crippen molar-refractivity contribution in [2.45, 2.75) is 29.6 Å². The third-order valence-corrected chi connectivity index (χ3v) is 5.24. The second-order valence-corrected chi connectivity index (χ2v) is 7.54. The zero-order valence-electron chi connectivity index (χ0n) is 14.0. The van der Waals surface area contributed by atoms with Crippen molar-refractivity contribution < 1.29 is 4.79 Å². The summed E-state index contributed by atoms with van der Waals surface area (Å²) in [7, 11) is 0. The van der Waals surface area contributed by atoms with Crippen molar-refractivity contribution in [2.75, 3.05) is 0 Å². The van der Waals surface area contributed by atoms with Crippen molar-refractivity contribution in [2.24, 2.45) is 5.92 Å². The van der Waals surface area contributed by atoms with Gasteiger partial charge < -0.3 is 0 Å². The highest BCUT2D eigenvalue weighted by Gasteiger charge is 2.25. The Morgan fingerprint density at radius 2 is 2.08 bits per heavy atom. The predicted octanol–water partition coefficient (Wildman–Crippen LogP) is 4.91. The molecule has 0 radical (unpaired) electrons. The van der Waals surface area contributed by atoms with Crippen molar-refractivity contribution in [3.05, 3.63) is 71.5 Å². The molecular formula is C19H18ClN3OS. The molecule has 1 atom stereocenters. The van der Waals surface area contributed by atoms with Crippen LogP contribution in [0.2, 0.25) is 5.02 Å². The number of nitrogens with zero attached hydrogens (tertiary/aromatic N) is 3. The molecule has 0 spiro atoms. The molecule has 2 heterocycles. The van der Waals surface area contributed by atoms with Crippen LogP contribution in [0.15, 0.2) is 64.9 Å². The van der Waals surface area contributed by atoms with Gasteiger partial charge in [0.25, 0.3) is 0 Å². The highest BCUT2D eigenvalue weighted by atomic mass is 35.5. The van der Waals surface area contributed by atoms with Gasteiger partial charge in [0.1, 0.15) is 5.82 Å². The number of rotatable bonds is 6. The summed E-state index contributed by atoms with van der Waals surface area (Å²) in [5.74, 6) is 0.950. The van der Waals surface area contributed by atoms with E-state index in [1.54, 1.807) is 30.4 Å². The minimum atomic E-state index is -0.0319. The van der Waals surface area contributed by atoms with Gasteiger partial charge in [-0.2, -0.15) is 0 Å². The lowest BCUT2D eigenvalue weighted by Crippen LogP contribution is -2.16. The molecule has 0 saturated heterocycles. The number of imidazole rings is 1. The predicted molar refractivity (Wildman–Crippen MR) is 101 cm³/mol. The Morgan fingerprint density at radius 1 is 1.24 bits per heavy atom. The topological polar surface area (TPSA) is 47.8 Å². The molecule has 128 valence electrons. The van der Waals surface area contributed by atoms with E-state index >= 15 is 0 Å². The van der Waals surface area contributed by atoms with Gasteiger partial charge in [-0.25, -0.2) is 4.98 Å². The summed E-state index contributed by atoms with van der Waals surface area (Å²) in [5.41, 5.74) is 1.05. The summed E-state index contributed by atoms with van der Waals surface area (Å²) in [6.07, 6.45) is 7.76. The molecule has 3 rings (SSSR count). The minimum Gasteiger partial charge on any atom is -0.278 e. The van der Waals surface area contributed by atoms with Gasteiger partial charge in [-0.3, -0.25) is 14.3 Å². The van der Waals surface area contributed by atoms with Crippen molar-refractivity contribution in [3.63, 3.8) is 0 Å². The van der Waals surface area contributed by atoms with Crippen LogP contribution in [0.5, 0.6) is 0 Å². The second-order valence-electron chi connectivity index (χ2n) is 5.99. The van der Waals surface area contributed by atoms with Gasteiger partial charge in [0, 0.05) is 45.5 Å². The molecule has 25 heavy (non-hydrogen) atoms. The van der Waals surface area contributed by atoms with Crippen LogP contribution in [0.1, 0.15) is 31.2 Å². The van der Waals surface area contributed by atoms with Gasteiger partial charge in [-0.15, -0.1) is 0 Å². The van der Waals surface area contributed by atoms with E-state index in [9.17, 15) is 4.79 Å². The summed E-state index contributed by atoms with van der Waals surface area (Å²) in [4.78, 5) is 22.2. The van der Waals surface area contributed by atoms with Crippen LogP contribution in [-0.2, 0) is 4.79 Å². The molecule has 1 aromatic carbocycles. The van der Waals surface area contributed by atoms with E-state index < -0.39 is 0 Å². The first-order valence-corrected chi connectivity index (χ1v) is 9.15. The van der Waals surface area contributed by atoms with E-state index in [-0.39, 0.29) is 11.8 Å². The van der Waals surface area contributed by atoms with Crippen LogP contribution in [0.25, 0.3) is 0 Å². The third-order valence-electron chi connectivity index (χ3n) is 3.93. The van der Waals surface area contributed by atoms with Crippen LogP contribution in [0.4, 0.5) is 0 Å². The number of hydrogen-bond acceptors (Lipinski definition) is 4. The highest BCUT2D eigenvalue weighted by Crippen LogP contribution is 2.39. The first-order chi connectivity index (χ1) is 12.1. The number of hydrogen-bond donors (Lipinski definition) is 0. The quantitative estimate of drug-likeness (QED) is 0.577. The Hall–Kier alpha value is -2.11. The number of aromatic nitrogens is 3. The molecule has 0 aliphatic carbocycles. The number of carbonyl (C=O) groups excluding carboxylic acids is 1. The van der Waals surface area contributed by atoms with Crippen LogP contribution >= 0.6 is 23.4 Å². The fraction of sp³-hybridized carbons (Fsp3) is 0.211. The standard InChI is InChI=1S/C19H18ClN3OS/c1-13(2)18(19-22-8-9-23(19)12-24)16-11-21-7-6-17(16)25-15-5-3-4-14(20)10-15/h3-13,18H,1-2H3. The maximum Gasteiger partial charge on any atom is 0.219 e. The Bertz CT molecular complexity index is 878. The normalized spacial score (nSPS) is 12.3. The van der Waals surface area contributed by atoms with E-state index in [4.69, 9.17) is 11.6 Å². The average Bonchev–Trinajstić information content (AvgIpc) is 3.04. The molecule has 0 aliphatic rings. The van der Waals surface area contributed by atoms with Crippen LogP contribution in [-0.4, -0.2) is 20.9 Å². The first-order valence-electron chi connectivity index (χ1n) is 7.95. The molecular weight excluding hydrogens is 354 g/mol. The van der Waals surface area contributed by atoms with Crippen molar-refractivity contribution in [1.29, 1.82) is 0 Å². The molecule has 0 bridgehead atoms. The molecule has 0 aliphatic heterocycles. The smallest absolute Gasteiger partial charge is 0.219 e. The van der Waals surface area contributed by atoms with E-state index in [0.29, 0.717) is 5.02 Å². The molecule has 0 amide bonds. The molecule has 2 aromatic heterocycles. The lowest BCUT2D eigenvalue weighted by Gasteiger charge is -2.22. The minimum absolute atomic E-state index is 0.0319. The SMILES string of the molecule is CC(C)C(c1cnccc1Sc1cccc(Cl)c1)c1nccn1C=O. The fourth-order valence-electron chi connectivity index (χ4n) is 2.83. The molecule has 0 saturated carbocycles. The van der Waals surface area contributed by atoms with Crippen LogP contribution in [0, 0.1) is 5.92 Å². The Kier molecular flexibility index (Phi) is 5.56. The van der Waals surface area contributed by atoms with Crippen molar-refractivity contribution in [3.8, 4) is 0 Å². The van der Waals surface area contributed by atoms with Gasteiger partial charge in [0.05, 0.1) is 0 Å². The second kappa shape index (κ2) is 7.85. The van der Waals surface area contributed by atoms with Gasteiger partial charge >= 0.3 is 0 Å². The molecule has 0 N–H and O–H groups in total. The zero-order valence-corrected chi connectivity index (χ0v) is 15.5. The summed E-state index contributed by atoms with van der Waals surface area (Å²) in [6, 6.07) is 9.75. The molecule has 6 heteroatoms. The van der Waals surface area contributed by atoms with E-state index in [0.717, 1.165) is 27.6 Å². The number of benzene rings is 1.